The molecule has 1 aromatic heterocycles. The Hall–Kier alpha value is -2.11. The minimum absolute atomic E-state index is 0.0905. The number of carbonyl (C=O) groups excluding carboxylic acids is 3. The lowest BCUT2D eigenvalue weighted by molar-refractivity contribution is -0.142. The predicted molar refractivity (Wildman–Crippen MR) is 64.1 cm³/mol. The van der Waals surface area contributed by atoms with Gasteiger partial charge in [0, 0.05) is 13.8 Å². The van der Waals surface area contributed by atoms with Gasteiger partial charge in [0.1, 0.15) is 19.1 Å². The van der Waals surface area contributed by atoms with Crippen molar-refractivity contribution >= 4 is 18.5 Å². The number of aromatic nitrogens is 2. The molecule has 0 aliphatic heterocycles. The highest BCUT2D eigenvalue weighted by atomic mass is 16.5. The number of nitrogens with zero attached hydrogens (tertiary/aromatic N) is 2. The number of rotatable bonds is 3. The van der Waals surface area contributed by atoms with Gasteiger partial charge in [-0.05, 0) is 13.8 Å². The van der Waals surface area contributed by atoms with Crippen molar-refractivity contribution in [2.45, 2.75) is 34.3 Å². The standard InChI is InChI=1S/C11H14N2O3.CH2O/c1-6-10(5-16-9(4)15)12-7(2)11(13-6)8(3)14;1-2/h5H2,1-4H3;1H2. The summed E-state index contributed by atoms with van der Waals surface area (Å²) < 4.78 is 4.84. The molecule has 0 saturated carbocycles. The van der Waals surface area contributed by atoms with Crippen molar-refractivity contribution in [2.24, 2.45) is 0 Å². The molecular formula is C12H16N2O4. The van der Waals surface area contributed by atoms with E-state index in [0.29, 0.717) is 22.8 Å². The SMILES string of the molecule is C=O.CC(=O)OCc1nc(C)c(C(C)=O)nc1C. The van der Waals surface area contributed by atoms with Crippen LogP contribution in [0.5, 0.6) is 0 Å². The lowest BCUT2D eigenvalue weighted by Gasteiger charge is -2.08. The second kappa shape index (κ2) is 7.26. The molecule has 0 aliphatic carbocycles. The Labute approximate surface area is 105 Å². The van der Waals surface area contributed by atoms with Crippen LogP contribution in [-0.2, 0) is 20.9 Å². The number of Topliss-reactive ketones (excluding diaryl/α,β-unsaturated/α-hetero) is 1. The van der Waals surface area contributed by atoms with E-state index < -0.39 is 0 Å². The van der Waals surface area contributed by atoms with Crippen LogP contribution in [0.1, 0.15) is 41.4 Å². The molecule has 0 spiro atoms. The lowest BCUT2D eigenvalue weighted by atomic mass is 10.2. The Morgan fingerprint density at radius 3 is 2.11 bits per heavy atom. The van der Waals surface area contributed by atoms with Gasteiger partial charge in [0.05, 0.1) is 17.1 Å². The summed E-state index contributed by atoms with van der Waals surface area (Å²) in [6.45, 7) is 8.31. The van der Waals surface area contributed by atoms with Crippen LogP contribution in [0.3, 0.4) is 0 Å². The molecule has 0 N–H and O–H groups in total. The average molecular weight is 252 g/mol. The van der Waals surface area contributed by atoms with Crippen molar-refractivity contribution in [3.05, 3.63) is 22.8 Å². The molecule has 98 valence electrons. The number of ether oxygens (including phenoxy) is 1. The van der Waals surface area contributed by atoms with E-state index in [9.17, 15) is 9.59 Å². The van der Waals surface area contributed by atoms with Gasteiger partial charge in [0.15, 0.2) is 5.78 Å². The van der Waals surface area contributed by atoms with E-state index in [4.69, 9.17) is 9.53 Å². The van der Waals surface area contributed by atoms with Crippen molar-refractivity contribution in [2.75, 3.05) is 0 Å². The van der Waals surface area contributed by atoms with Gasteiger partial charge >= 0.3 is 5.97 Å². The number of ketones is 1. The third-order valence-corrected chi connectivity index (χ3v) is 2.09. The van der Waals surface area contributed by atoms with Crippen molar-refractivity contribution in [1.29, 1.82) is 0 Å². The van der Waals surface area contributed by atoms with Crippen molar-refractivity contribution in [1.82, 2.24) is 9.97 Å². The van der Waals surface area contributed by atoms with Crippen LogP contribution < -0.4 is 0 Å². The van der Waals surface area contributed by atoms with Crippen LogP contribution in [0, 0.1) is 13.8 Å². The smallest absolute Gasteiger partial charge is 0.303 e. The zero-order valence-electron chi connectivity index (χ0n) is 10.9. The Kier molecular flexibility index (Phi) is 6.41. The van der Waals surface area contributed by atoms with Crippen LogP contribution in [-0.4, -0.2) is 28.5 Å². The van der Waals surface area contributed by atoms with E-state index in [1.165, 1.54) is 13.8 Å². The van der Waals surface area contributed by atoms with Crippen LogP contribution in [0.15, 0.2) is 0 Å². The van der Waals surface area contributed by atoms with Crippen LogP contribution in [0.25, 0.3) is 0 Å². The second-order valence-electron chi connectivity index (χ2n) is 3.53. The van der Waals surface area contributed by atoms with Gasteiger partial charge in [0.2, 0.25) is 0 Å². The largest absolute Gasteiger partial charge is 0.459 e. The van der Waals surface area contributed by atoms with E-state index in [1.54, 1.807) is 13.8 Å². The molecule has 0 unspecified atom stereocenters. The molecule has 0 fully saturated rings. The van der Waals surface area contributed by atoms with Crippen molar-refractivity contribution in [3.8, 4) is 0 Å². The highest BCUT2D eigenvalue weighted by Crippen LogP contribution is 2.09. The maximum absolute atomic E-state index is 11.2. The summed E-state index contributed by atoms with van der Waals surface area (Å²) in [5, 5.41) is 0. The Morgan fingerprint density at radius 2 is 1.67 bits per heavy atom. The van der Waals surface area contributed by atoms with E-state index in [2.05, 4.69) is 9.97 Å². The normalized spacial score (nSPS) is 9.11. The number of esters is 1. The van der Waals surface area contributed by atoms with Gasteiger partial charge in [-0.15, -0.1) is 0 Å². The fourth-order valence-electron chi connectivity index (χ4n) is 1.29. The van der Waals surface area contributed by atoms with Gasteiger partial charge in [-0.1, -0.05) is 0 Å². The minimum atomic E-state index is -0.366. The number of hydrogen-bond donors (Lipinski definition) is 0. The highest BCUT2D eigenvalue weighted by Gasteiger charge is 2.12. The predicted octanol–water partition coefficient (Wildman–Crippen LogP) is 1.17. The maximum Gasteiger partial charge on any atom is 0.303 e. The molecule has 0 bridgehead atoms. The molecule has 0 radical (unpaired) electrons. The first-order valence-corrected chi connectivity index (χ1v) is 5.19. The molecule has 0 aromatic carbocycles. The molecule has 0 atom stereocenters. The van der Waals surface area contributed by atoms with E-state index in [-0.39, 0.29) is 18.4 Å². The number of carbonyl (C=O) groups is 3. The monoisotopic (exact) mass is 252 g/mol. The summed E-state index contributed by atoms with van der Waals surface area (Å²) in [5.41, 5.74) is 2.11. The average Bonchev–Trinajstić information content (AvgIpc) is 2.32. The zero-order valence-corrected chi connectivity index (χ0v) is 10.9. The third-order valence-electron chi connectivity index (χ3n) is 2.09. The second-order valence-corrected chi connectivity index (χ2v) is 3.53. The van der Waals surface area contributed by atoms with Crippen molar-refractivity contribution in [3.63, 3.8) is 0 Å². The highest BCUT2D eigenvalue weighted by molar-refractivity contribution is 5.93. The van der Waals surface area contributed by atoms with Crippen molar-refractivity contribution < 1.29 is 19.1 Å². The summed E-state index contributed by atoms with van der Waals surface area (Å²) in [4.78, 5) is 38.2. The third kappa shape index (κ3) is 4.40. The summed E-state index contributed by atoms with van der Waals surface area (Å²) >= 11 is 0. The van der Waals surface area contributed by atoms with E-state index in [1.807, 2.05) is 6.79 Å². The maximum atomic E-state index is 11.2. The molecule has 0 amide bonds. The summed E-state index contributed by atoms with van der Waals surface area (Å²) in [5.74, 6) is -0.485. The lowest BCUT2D eigenvalue weighted by Crippen LogP contribution is -2.10. The summed E-state index contributed by atoms with van der Waals surface area (Å²) in [6, 6.07) is 0. The van der Waals surface area contributed by atoms with Gasteiger partial charge in [0.25, 0.3) is 0 Å². The Balaban J connectivity index is 0.00000137. The summed E-state index contributed by atoms with van der Waals surface area (Å²) in [7, 11) is 0. The molecule has 1 heterocycles. The molecule has 1 rings (SSSR count). The molecule has 6 nitrogen and oxygen atoms in total. The Morgan fingerprint density at radius 1 is 1.11 bits per heavy atom. The van der Waals surface area contributed by atoms with E-state index >= 15 is 0 Å². The molecule has 18 heavy (non-hydrogen) atoms. The summed E-state index contributed by atoms with van der Waals surface area (Å²) in [6.07, 6.45) is 0. The molecule has 6 heteroatoms. The quantitative estimate of drug-likeness (QED) is 0.593. The first-order valence-electron chi connectivity index (χ1n) is 5.19. The fourth-order valence-corrected chi connectivity index (χ4v) is 1.29. The van der Waals surface area contributed by atoms with E-state index in [0.717, 1.165) is 0 Å². The Bertz CT molecular complexity index is 458. The van der Waals surface area contributed by atoms with Gasteiger partial charge in [-0.2, -0.15) is 0 Å². The fraction of sp³-hybridized carbons (Fsp3) is 0.417. The van der Waals surface area contributed by atoms with Gasteiger partial charge in [-0.3, -0.25) is 14.6 Å². The topological polar surface area (TPSA) is 86.2 Å². The molecule has 1 aromatic rings. The van der Waals surface area contributed by atoms with Crippen LogP contribution in [0.4, 0.5) is 0 Å². The number of aryl methyl sites for hydroxylation is 2. The molecular weight excluding hydrogens is 236 g/mol. The van der Waals surface area contributed by atoms with Gasteiger partial charge < -0.3 is 9.53 Å². The van der Waals surface area contributed by atoms with Crippen LogP contribution in [0.2, 0.25) is 0 Å². The molecule has 0 aliphatic rings. The van der Waals surface area contributed by atoms with Crippen LogP contribution >= 0.6 is 0 Å². The minimum Gasteiger partial charge on any atom is -0.459 e. The molecule has 0 saturated heterocycles. The zero-order chi connectivity index (χ0) is 14.3. The first kappa shape index (κ1) is 15.9. The first-order chi connectivity index (χ1) is 8.41. The van der Waals surface area contributed by atoms with Gasteiger partial charge in [-0.25, -0.2) is 4.98 Å². The number of hydrogen-bond acceptors (Lipinski definition) is 6.